The van der Waals surface area contributed by atoms with E-state index in [2.05, 4.69) is 11.8 Å². The molecule has 6 nitrogen and oxygen atoms in total. The van der Waals surface area contributed by atoms with Crippen LogP contribution in [-0.2, 0) is 19.1 Å². The zero-order valence-corrected chi connectivity index (χ0v) is 11.7. The minimum atomic E-state index is -3.59. The van der Waals surface area contributed by atoms with Crippen LogP contribution in [0.2, 0.25) is 0 Å². The summed E-state index contributed by atoms with van der Waals surface area (Å²) < 4.78 is 26.6. The first kappa shape index (κ1) is 15.0. The van der Waals surface area contributed by atoms with Gasteiger partial charge in [-0.3, -0.25) is 13.9 Å². The second-order valence-corrected chi connectivity index (χ2v) is 6.03. The summed E-state index contributed by atoms with van der Waals surface area (Å²) in [6.45, 7) is 1.43. The average Bonchev–Trinajstić information content (AvgIpc) is 2.53. The Bertz CT molecular complexity index is 461. The van der Waals surface area contributed by atoms with Gasteiger partial charge in [0.05, 0.1) is 19.3 Å². The van der Waals surface area contributed by atoms with E-state index in [0.29, 0.717) is 26.1 Å². The van der Waals surface area contributed by atoms with Crippen molar-refractivity contribution in [1.29, 1.82) is 0 Å². The number of hydrogen-bond acceptors (Lipinski definition) is 5. The van der Waals surface area contributed by atoms with E-state index in [-0.39, 0.29) is 5.91 Å². The van der Waals surface area contributed by atoms with E-state index < -0.39 is 16.2 Å². The molecular formula is C11H18N2O4S. The van der Waals surface area contributed by atoms with Gasteiger partial charge in [0.1, 0.15) is 0 Å². The van der Waals surface area contributed by atoms with E-state index in [1.807, 2.05) is 19.0 Å². The summed E-state index contributed by atoms with van der Waals surface area (Å²) in [5.74, 6) is 5.49. The molecule has 0 N–H and O–H groups in total. The number of amides is 1. The van der Waals surface area contributed by atoms with Crippen LogP contribution in [0, 0.1) is 11.8 Å². The van der Waals surface area contributed by atoms with Gasteiger partial charge in [-0.15, -0.1) is 0 Å². The monoisotopic (exact) mass is 274 g/mol. The number of hydrogen-bond donors (Lipinski definition) is 0. The molecule has 1 aliphatic heterocycles. The predicted molar refractivity (Wildman–Crippen MR) is 67.2 cm³/mol. The highest BCUT2D eigenvalue weighted by Gasteiger charge is 2.34. The third kappa shape index (κ3) is 5.04. The zero-order chi connectivity index (χ0) is 13.8. The SMILES string of the molecule is CN(C)CC#CCN1CC[C@@H](OS(C)(=O)=O)C1=O. The van der Waals surface area contributed by atoms with E-state index in [1.54, 1.807) is 0 Å². The predicted octanol–water partition coefficient (Wildman–Crippen LogP) is -0.871. The molecule has 7 heteroatoms. The summed E-state index contributed by atoms with van der Waals surface area (Å²) >= 11 is 0. The van der Waals surface area contributed by atoms with Crippen molar-refractivity contribution in [1.82, 2.24) is 9.80 Å². The molecule has 1 heterocycles. The molecule has 1 aliphatic rings. The molecule has 1 atom stereocenters. The second kappa shape index (κ2) is 6.18. The van der Waals surface area contributed by atoms with E-state index in [4.69, 9.17) is 4.18 Å². The lowest BCUT2D eigenvalue weighted by Crippen LogP contribution is -2.32. The summed E-state index contributed by atoms with van der Waals surface area (Å²) in [6.07, 6.45) is 0.455. The Labute approximate surface area is 108 Å². The van der Waals surface area contributed by atoms with Crippen molar-refractivity contribution in [2.24, 2.45) is 0 Å². The highest BCUT2D eigenvalue weighted by molar-refractivity contribution is 7.86. The second-order valence-electron chi connectivity index (χ2n) is 4.43. The van der Waals surface area contributed by atoms with E-state index in [0.717, 1.165) is 6.26 Å². The van der Waals surface area contributed by atoms with E-state index in [1.165, 1.54) is 4.90 Å². The Kier molecular flexibility index (Phi) is 5.14. The minimum absolute atomic E-state index is 0.306. The number of rotatable bonds is 4. The van der Waals surface area contributed by atoms with Crippen molar-refractivity contribution < 1.29 is 17.4 Å². The highest BCUT2D eigenvalue weighted by Crippen LogP contribution is 2.15. The number of nitrogens with zero attached hydrogens (tertiary/aromatic N) is 2. The first-order valence-corrected chi connectivity index (χ1v) is 7.39. The maximum Gasteiger partial charge on any atom is 0.265 e. The normalized spacial score (nSPS) is 20.1. The van der Waals surface area contributed by atoms with Gasteiger partial charge in [0.2, 0.25) is 0 Å². The summed E-state index contributed by atoms with van der Waals surface area (Å²) in [7, 11) is 0.226. The summed E-state index contributed by atoms with van der Waals surface area (Å²) in [5, 5.41) is 0. The molecule has 1 saturated heterocycles. The smallest absolute Gasteiger partial charge is 0.265 e. The molecule has 0 bridgehead atoms. The maximum absolute atomic E-state index is 11.8. The first-order chi connectivity index (χ1) is 8.29. The molecule has 0 radical (unpaired) electrons. The van der Waals surface area contributed by atoms with Crippen molar-refractivity contribution in [3.63, 3.8) is 0 Å². The van der Waals surface area contributed by atoms with E-state index >= 15 is 0 Å². The Morgan fingerprint density at radius 1 is 1.44 bits per heavy atom. The summed E-state index contributed by atoms with van der Waals surface area (Å²) in [6, 6.07) is 0. The van der Waals surface area contributed by atoms with Crippen LogP contribution in [0.15, 0.2) is 0 Å². The van der Waals surface area contributed by atoms with Crippen LogP contribution >= 0.6 is 0 Å². The molecule has 0 spiro atoms. The molecule has 0 aliphatic carbocycles. The molecule has 0 unspecified atom stereocenters. The first-order valence-electron chi connectivity index (χ1n) is 5.57. The van der Waals surface area contributed by atoms with Crippen LogP contribution in [0.5, 0.6) is 0 Å². The highest BCUT2D eigenvalue weighted by atomic mass is 32.2. The minimum Gasteiger partial charge on any atom is -0.329 e. The van der Waals surface area contributed by atoms with Crippen molar-refractivity contribution in [3.8, 4) is 11.8 Å². The quantitative estimate of drug-likeness (QED) is 0.492. The Morgan fingerprint density at radius 3 is 2.67 bits per heavy atom. The van der Waals surface area contributed by atoms with Crippen LogP contribution in [0.3, 0.4) is 0 Å². The van der Waals surface area contributed by atoms with Gasteiger partial charge in [0.25, 0.3) is 16.0 Å². The van der Waals surface area contributed by atoms with Crippen molar-refractivity contribution >= 4 is 16.0 Å². The molecule has 18 heavy (non-hydrogen) atoms. The fourth-order valence-electron chi connectivity index (χ4n) is 1.53. The largest absolute Gasteiger partial charge is 0.329 e. The van der Waals surface area contributed by atoms with Crippen molar-refractivity contribution in [2.45, 2.75) is 12.5 Å². The fraction of sp³-hybridized carbons (Fsp3) is 0.727. The van der Waals surface area contributed by atoms with Gasteiger partial charge in [-0.05, 0) is 14.1 Å². The number of carbonyl (C=O) groups excluding carboxylic acids is 1. The van der Waals surface area contributed by atoms with Crippen molar-refractivity contribution in [3.05, 3.63) is 0 Å². The Balaban J connectivity index is 2.47. The van der Waals surface area contributed by atoms with Crippen molar-refractivity contribution in [2.75, 3.05) is 40.0 Å². The van der Waals surface area contributed by atoms with Crippen LogP contribution in [0.1, 0.15) is 6.42 Å². The molecule has 0 aromatic rings. The van der Waals surface area contributed by atoms with Gasteiger partial charge in [0.15, 0.2) is 6.10 Å². The number of likely N-dealkylation sites (tertiary alicyclic amines) is 1. The third-order valence-electron chi connectivity index (χ3n) is 2.33. The number of carbonyl (C=O) groups is 1. The maximum atomic E-state index is 11.8. The third-order valence-corrected chi connectivity index (χ3v) is 2.91. The Morgan fingerprint density at radius 2 is 2.11 bits per heavy atom. The van der Waals surface area contributed by atoms with E-state index in [9.17, 15) is 13.2 Å². The molecule has 102 valence electrons. The standard InChI is InChI=1S/C11H18N2O4S/c1-12(2)7-4-5-8-13-9-6-10(11(13)14)17-18(3,15)16/h10H,6-9H2,1-3H3/t10-/m1/s1. The van der Waals surface area contributed by atoms with Crippen LogP contribution in [0.25, 0.3) is 0 Å². The van der Waals surface area contributed by atoms with Gasteiger partial charge in [-0.1, -0.05) is 11.8 Å². The average molecular weight is 274 g/mol. The lowest BCUT2D eigenvalue weighted by molar-refractivity contribution is -0.132. The molecule has 0 aromatic carbocycles. The molecule has 0 aromatic heterocycles. The fourth-order valence-corrected chi connectivity index (χ4v) is 2.13. The van der Waals surface area contributed by atoms with Gasteiger partial charge in [-0.2, -0.15) is 8.42 Å². The molecular weight excluding hydrogens is 256 g/mol. The van der Waals surface area contributed by atoms with Gasteiger partial charge in [0, 0.05) is 13.0 Å². The molecule has 1 amide bonds. The lowest BCUT2D eigenvalue weighted by Gasteiger charge is -2.12. The summed E-state index contributed by atoms with van der Waals surface area (Å²) in [4.78, 5) is 15.2. The molecule has 1 fully saturated rings. The molecule has 0 saturated carbocycles. The van der Waals surface area contributed by atoms with Gasteiger partial charge < -0.3 is 4.90 Å². The summed E-state index contributed by atoms with van der Waals surface area (Å²) in [5.41, 5.74) is 0. The van der Waals surface area contributed by atoms with Gasteiger partial charge >= 0.3 is 0 Å². The van der Waals surface area contributed by atoms with Crippen LogP contribution in [-0.4, -0.2) is 70.2 Å². The Hall–Kier alpha value is -1.10. The van der Waals surface area contributed by atoms with Crippen LogP contribution in [0.4, 0.5) is 0 Å². The lowest BCUT2D eigenvalue weighted by atomic mass is 10.3. The molecule has 1 rings (SSSR count). The topological polar surface area (TPSA) is 66.9 Å². The zero-order valence-electron chi connectivity index (χ0n) is 10.8. The van der Waals surface area contributed by atoms with Gasteiger partial charge in [-0.25, -0.2) is 0 Å². The van der Waals surface area contributed by atoms with Crippen LogP contribution < -0.4 is 0 Å².